The zero-order chi connectivity index (χ0) is 29.0. The molecule has 18 heteroatoms. The average molecular weight is 574 g/mol. The van der Waals surface area contributed by atoms with E-state index in [1.54, 1.807) is 0 Å². The topological polar surface area (TPSA) is 291 Å². The number of carboxylic acid groups (broad SMARTS) is 1. The van der Waals surface area contributed by atoms with E-state index in [9.17, 15) is 58.9 Å². The molecule has 5 atom stereocenters. The molecule has 17 nitrogen and oxygen atoms in total. The van der Waals surface area contributed by atoms with Gasteiger partial charge in [-0.2, -0.15) is 8.42 Å². The highest BCUT2D eigenvalue weighted by atomic mass is 32.3. The van der Waals surface area contributed by atoms with E-state index in [1.807, 2.05) is 0 Å². The quantitative estimate of drug-likeness (QED) is 0.127. The van der Waals surface area contributed by atoms with Crippen LogP contribution in [0.4, 0.5) is 0 Å². The Balaban J connectivity index is 1.89. The zero-order valence-corrected chi connectivity index (χ0v) is 19.7. The Kier molecular flexibility index (Phi) is 6.93. The Hall–Kier alpha value is -4.33. The van der Waals surface area contributed by atoms with Gasteiger partial charge in [-0.1, -0.05) is 0 Å². The highest BCUT2D eigenvalue weighted by molar-refractivity contribution is 7.80. The molecular weight excluding hydrogens is 556 g/mol. The lowest BCUT2D eigenvalue weighted by Crippen LogP contribution is -2.62. The van der Waals surface area contributed by atoms with Gasteiger partial charge in [0, 0.05) is 11.6 Å². The standard InChI is InChI=1S/C21H18O17S/c22-6-2-1-5(3-7(6)23)15-12(27)11(26)10-8(24)4-9(25)16(17(10)35-15)36-21-14(29)18(38-39(32,33)34)13(28)19(37-21)20(30)31/h1-4,13-14,18-19,21-25,27-29H,(H,30,31)(H,32,33,34)/t13-,14+,18-,19-,21+/m0/s1. The first kappa shape index (κ1) is 27.7. The minimum absolute atomic E-state index is 0.194. The van der Waals surface area contributed by atoms with Gasteiger partial charge >= 0.3 is 16.4 Å². The van der Waals surface area contributed by atoms with Crippen LogP contribution in [0.3, 0.4) is 0 Å². The molecule has 0 bridgehead atoms. The number of hydrogen-bond donors (Lipinski definition) is 9. The number of carbonyl (C=O) groups is 1. The summed E-state index contributed by atoms with van der Waals surface area (Å²) in [5.74, 6) is -7.77. The third kappa shape index (κ3) is 5.06. The van der Waals surface area contributed by atoms with Gasteiger partial charge in [0.1, 0.15) is 29.4 Å². The molecule has 1 aromatic heterocycles. The fourth-order valence-electron chi connectivity index (χ4n) is 3.78. The number of aliphatic hydroxyl groups excluding tert-OH is 2. The molecule has 39 heavy (non-hydrogen) atoms. The molecule has 210 valence electrons. The van der Waals surface area contributed by atoms with Crippen LogP contribution < -0.4 is 10.2 Å². The molecule has 2 aromatic carbocycles. The lowest BCUT2D eigenvalue weighted by Gasteiger charge is -2.39. The van der Waals surface area contributed by atoms with Gasteiger partial charge in [0.25, 0.3) is 0 Å². The third-order valence-electron chi connectivity index (χ3n) is 5.55. The maximum Gasteiger partial charge on any atom is 0.397 e. The maximum absolute atomic E-state index is 12.9. The Bertz CT molecular complexity index is 1630. The van der Waals surface area contributed by atoms with Crippen LogP contribution >= 0.6 is 0 Å². The number of aliphatic carboxylic acids is 1. The highest BCUT2D eigenvalue weighted by Crippen LogP contribution is 2.44. The fourth-order valence-corrected chi connectivity index (χ4v) is 4.29. The van der Waals surface area contributed by atoms with Crippen molar-refractivity contribution in [3.8, 4) is 45.8 Å². The van der Waals surface area contributed by atoms with E-state index in [0.717, 1.165) is 18.2 Å². The van der Waals surface area contributed by atoms with Crippen LogP contribution in [0.2, 0.25) is 0 Å². The number of aliphatic hydroxyl groups is 2. The van der Waals surface area contributed by atoms with Crippen molar-refractivity contribution in [3.63, 3.8) is 0 Å². The number of phenols is 4. The first-order chi connectivity index (χ1) is 18.1. The summed E-state index contributed by atoms with van der Waals surface area (Å²) in [6.07, 6.45) is -11.7. The SMILES string of the molecule is O=C(O)[C@H]1O[C@@H](Oc2c(O)cc(O)c3c(=O)c(O)c(-c4ccc(O)c(O)c4)oc23)[C@H](O)[C@@H](OS(=O)(=O)O)[C@@H]1O. The monoisotopic (exact) mass is 574 g/mol. The van der Waals surface area contributed by atoms with E-state index < -0.39 is 104 Å². The molecule has 0 unspecified atom stereocenters. The van der Waals surface area contributed by atoms with Crippen molar-refractivity contribution in [2.45, 2.75) is 30.7 Å². The second-order valence-corrected chi connectivity index (χ2v) is 9.16. The first-order valence-electron chi connectivity index (χ1n) is 10.4. The normalized spacial score (nSPS) is 23.5. The number of aromatic hydroxyl groups is 5. The molecule has 0 saturated carbocycles. The van der Waals surface area contributed by atoms with E-state index in [4.69, 9.17) is 18.4 Å². The summed E-state index contributed by atoms with van der Waals surface area (Å²) in [6, 6.07) is 3.51. The van der Waals surface area contributed by atoms with Gasteiger partial charge in [-0.15, -0.1) is 0 Å². The molecule has 1 aliphatic rings. The predicted octanol–water partition coefficient (Wildman–Crippen LogP) is -0.914. The molecule has 0 radical (unpaired) electrons. The van der Waals surface area contributed by atoms with Crippen LogP contribution in [0.1, 0.15) is 0 Å². The van der Waals surface area contributed by atoms with Crippen molar-refractivity contribution in [1.29, 1.82) is 0 Å². The number of carboxylic acids is 1. The second-order valence-electron chi connectivity index (χ2n) is 8.11. The lowest BCUT2D eigenvalue weighted by molar-refractivity contribution is -0.266. The van der Waals surface area contributed by atoms with Gasteiger partial charge in [0.2, 0.25) is 23.2 Å². The van der Waals surface area contributed by atoms with Crippen LogP contribution in [0.25, 0.3) is 22.3 Å². The Morgan fingerprint density at radius 3 is 2.18 bits per heavy atom. The smallest absolute Gasteiger partial charge is 0.397 e. The van der Waals surface area contributed by atoms with Gasteiger partial charge in [0.15, 0.2) is 34.7 Å². The van der Waals surface area contributed by atoms with Gasteiger partial charge in [-0.3, -0.25) is 9.35 Å². The summed E-state index contributed by atoms with van der Waals surface area (Å²) in [6.45, 7) is 0. The maximum atomic E-state index is 12.9. The minimum Gasteiger partial charge on any atom is -0.507 e. The Labute approximate surface area is 215 Å². The Morgan fingerprint density at radius 2 is 1.59 bits per heavy atom. The van der Waals surface area contributed by atoms with Crippen molar-refractivity contribution < 1.29 is 76.7 Å². The molecule has 3 aromatic rings. The number of rotatable bonds is 6. The molecule has 1 aliphatic heterocycles. The van der Waals surface area contributed by atoms with Crippen LogP contribution in [-0.2, 0) is 24.1 Å². The summed E-state index contributed by atoms with van der Waals surface area (Å²) >= 11 is 0. The third-order valence-corrected chi connectivity index (χ3v) is 6.01. The second kappa shape index (κ2) is 9.76. The number of benzene rings is 2. The van der Waals surface area contributed by atoms with Crippen molar-refractivity contribution in [2.75, 3.05) is 0 Å². The van der Waals surface area contributed by atoms with Crippen molar-refractivity contribution in [2.24, 2.45) is 0 Å². The van der Waals surface area contributed by atoms with E-state index >= 15 is 0 Å². The highest BCUT2D eigenvalue weighted by Gasteiger charge is 2.51. The van der Waals surface area contributed by atoms with Gasteiger partial charge in [0.05, 0.1) is 0 Å². The fraction of sp³-hybridized carbons (Fsp3) is 0.238. The number of fused-ring (bicyclic) bond motifs is 1. The first-order valence-corrected chi connectivity index (χ1v) is 11.8. The zero-order valence-electron chi connectivity index (χ0n) is 18.9. The molecule has 0 amide bonds. The van der Waals surface area contributed by atoms with Gasteiger partial charge in [-0.05, 0) is 18.2 Å². The van der Waals surface area contributed by atoms with E-state index in [-0.39, 0.29) is 5.56 Å². The summed E-state index contributed by atoms with van der Waals surface area (Å²) in [5, 5.41) is 79.6. The molecule has 0 spiro atoms. The number of phenolic OH excluding ortho intramolecular Hbond substituents is 4. The van der Waals surface area contributed by atoms with E-state index in [1.165, 1.54) is 0 Å². The van der Waals surface area contributed by atoms with Crippen molar-refractivity contribution in [1.82, 2.24) is 0 Å². The molecule has 0 aliphatic carbocycles. The van der Waals surface area contributed by atoms with E-state index in [0.29, 0.717) is 6.07 Å². The summed E-state index contributed by atoms with van der Waals surface area (Å²) in [5.41, 5.74) is -2.31. The summed E-state index contributed by atoms with van der Waals surface area (Å²) in [7, 11) is -5.37. The van der Waals surface area contributed by atoms with E-state index in [2.05, 4.69) is 4.18 Å². The molecule has 9 N–H and O–H groups in total. The molecule has 1 saturated heterocycles. The predicted molar refractivity (Wildman–Crippen MR) is 122 cm³/mol. The molecular formula is C21H18O17S. The molecule has 4 rings (SSSR count). The summed E-state index contributed by atoms with van der Waals surface area (Å²) < 4.78 is 51.3. The van der Waals surface area contributed by atoms with Crippen LogP contribution in [0.15, 0.2) is 33.5 Å². The summed E-state index contributed by atoms with van der Waals surface area (Å²) in [4.78, 5) is 24.4. The lowest BCUT2D eigenvalue weighted by atomic mass is 9.99. The van der Waals surface area contributed by atoms with Gasteiger partial charge in [-0.25, -0.2) is 8.98 Å². The molecule has 1 fully saturated rings. The Morgan fingerprint density at radius 1 is 0.923 bits per heavy atom. The number of hydrogen-bond acceptors (Lipinski definition) is 15. The number of ether oxygens (including phenoxy) is 2. The average Bonchev–Trinajstić information content (AvgIpc) is 2.83. The van der Waals surface area contributed by atoms with Crippen LogP contribution in [-0.4, -0.2) is 90.5 Å². The largest absolute Gasteiger partial charge is 0.507 e. The van der Waals surface area contributed by atoms with Crippen LogP contribution in [0.5, 0.6) is 34.5 Å². The van der Waals surface area contributed by atoms with Gasteiger partial charge < -0.3 is 54.7 Å². The van der Waals surface area contributed by atoms with Crippen molar-refractivity contribution >= 4 is 27.3 Å². The minimum atomic E-state index is -5.37. The molecule has 2 heterocycles. The van der Waals surface area contributed by atoms with Crippen molar-refractivity contribution in [3.05, 3.63) is 34.5 Å². The van der Waals surface area contributed by atoms with Crippen LogP contribution in [0, 0.1) is 0 Å².